The first-order valence-corrected chi connectivity index (χ1v) is 1.82. The second kappa shape index (κ2) is 10.1. The largest absolute Gasteiger partial charge is 2.00 e. The van der Waals surface area contributed by atoms with Crippen LogP contribution >= 0.6 is 11.6 Å². The number of allylic oxidation sites excluding steroid dienone is 1. The van der Waals surface area contributed by atoms with Crippen LogP contribution in [0.1, 0.15) is 13.8 Å². The molecule has 0 heterocycles. The van der Waals surface area contributed by atoms with Gasteiger partial charge < -0.3 is 29.5 Å². The molecule has 0 amide bonds. The van der Waals surface area contributed by atoms with E-state index in [1.54, 1.807) is 0 Å². The maximum atomic E-state index is 5.05. The summed E-state index contributed by atoms with van der Waals surface area (Å²) >= 11 is 5.05. The third-order valence-electron chi connectivity index (χ3n) is 0.189. The molecule has 7 heavy (non-hydrogen) atoms. The molecule has 3 heteroatoms. The SMILES string of the molecule is CC(C)=[C-]Cl.[Cl-].[Mg+2]. The molecule has 0 spiro atoms. The van der Waals surface area contributed by atoms with E-state index >= 15 is 0 Å². The van der Waals surface area contributed by atoms with E-state index in [2.05, 4.69) is 5.54 Å². The van der Waals surface area contributed by atoms with Gasteiger partial charge >= 0.3 is 23.1 Å². The van der Waals surface area contributed by atoms with Crippen molar-refractivity contribution in [3.63, 3.8) is 0 Å². The van der Waals surface area contributed by atoms with Crippen molar-refractivity contribution in [1.29, 1.82) is 0 Å². The van der Waals surface area contributed by atoms with Crippen molar-refractivity contribution in [3.05, 3.63) is 11.1 Å². The molecule has 0 N–H and O–H groups in total. The van der Waals surface area contributed by atoms with E-state index in [1.807, 2.05) is 13.8 Å². The van der Waals surface area contributed by atoms with Crippen molar-refractivity contribution < 1.29 is 12.4 Å². The Bertz CT molecular complexity index is 47.7. The van der Waals surface area contributed by atoms with Crippen LogP contribution in [0.3, 0.4) is 0 Å². The van der Waals surface area contributed by atoms with Gasteiger partial charge in [-0.15, -0.1) is 0 Å². The van der Waals surface area contributed by atoms with Crippen molar-refractivity contribution in [2.45, 2.75) is 13.8 Å². The zero-order valence-corrected chi connectivity index (χ0v) is 7.39. The van der Waals surface area contributed by atoms with Crippen LogP contribution < -0.4 is 12.4 Å². The standard InChI is InChI=1S/C4H6Cl.ClH.Mg/c1-4(2)3-5;;/h1-2H3;1H;/q-1;;+2/p-1. The maximum Gasteiger partial charge on any atom is 2.00 e. The van der Waals surface area contributed by atoms with E-state index < -0.39 is 0 Å². The van der Waals surface area contributed by atoms with Crippen molar-refractivity contribution in [3.8, 4) is 0 Å². The number of hydrogen-bond acceptors (Lipinski definition) is 0. The Labute approximate surface area is 71.9 Å². The fourth-order valence-electron chi connectivity index (χ4n) is 0. The monoisotopic (exact) mass is 148 g/mol. The second-order valence-electron chi connectivity index (χ2n) is 1.09. The molecular weight excluding hydrogens is 143 g/mol. The van der Waals surface area contributed by atoms with Gasteiger partial charge in [0.1, 0.15) is 0 Å². The van der Waals surface area contributed by atoms with Crippen LogP contribution in [0.25, 0.3) is 0 Å². The predicted octanol–water partition coefficient (Wildman–Crippen LogP) is -1.42. The molecule has 0 aliphatic heterocycles. The minimum absolute atomic E-state index is 0. The molecule has 0 aromatic rings. The first kappa shape index (κ1) is 15.7. The molecule has 0 saturated heterocycles. The number of halogens is 2. The third kappa shape index (κ3) is 19.2. The summed E-state index contributed by atoms with van der Waals surface area (Å²) in [6, 6.07) is 0. The molecule has 0 aromatic carbocycles. The minimum Gasteiger partial charge on any atom is -1.00 e. The summed E-state index contributed by atoms with van der Waals surface area (Å²) in [5.41, 5.74) is 3.44. The van der Waals surface area contributed by atoms with Gasteiger partial charge in [-0.2, -0.15) is 0 Å². The maximum absolute atomic E-state index is 5.05. The Kier molecular flexibility index (Phi) is 22.8. The topological polar surface area (TPSA) is 0 Å². The number of hydrogen-bond donors (Lipinski definition) is 0. The van der Waals surface area contributed by atoms with Gasteiger partial charge in [-0.3, -0.25) is 0 Å². The van der Waals surface area contributed by atoms with E-state index in [0.717, 1.165) is 5.57 Å². The molecule has 38 valence electrons. The van der Waals surface area contributed by atoms with E-state index in [1.165, 1.54) is 0 Å². The molecule has 0 rings (SSSR count). The summed E-state index contributed by atoms with van der Waals surface area (Å²) in [5.74, 6) is 0. The predicted molar refractivity (Wildman–Crippen MR) is 29.7 cm³/mol. The zero-order chi connectivity index (χ0) is 4.28. The summed E-state index contributed by atoms with van der Waals surface area (Å²) in [7, 11) is 0. The minimum atomic E-state index is 0. The molecule has 0 unspecified atom stereocenters. The van der Waals surface area contributed by atoms with Crippen LogP contribution in [0, 0.1) is 5.54 Å². The Hall–Kier alpha value is 1.09. The fourth-order valence-corrected chi connectivity index (χ4v) is 0. The Morgan fingerprint density at radius 2 is 1.57 bits per heavy atom. The molecule has 0 aromatic heterocycles. The first-order chi connectivity index (χ1) is 2.27. The first-order valence-electron chi connectivity index (χ1n) is 1.44. The van der Waals surface area contributed by atoms with Crippen LogP contribution in [-0.2, 0) is 0 Å². The number of rotatable bonds is 0. The molecule has 0 nitrogen and oxygen atoms in total. The van der Waals surface area contributed by atoms with Crippen molar-refractivity contribution in [2.24, 2.45) is 0 Å². The van der Waals surface area contributed by atoms with Crippen LogP contribution in [-0.4, -0.2) is 23.1 Å². The molecule has 0 saturated carbocycles. The van der Waals surface area contributed by atoms with E-state index in [-0.39, 0.29) is 35.5 Å². The van der Waals surface area contributed by atoms with Gasteiger partial charge in [0.15, 0.2) is 0 Å². The quantitative estimate of drug-likeness (QED) is 0.293. The molecule has 0 aliphatic rings. The Morgan fingerprint density at radius 3 is 1.57 bits per heavy atom. The van der Waals surface area contributed by atoms with Crippen LogP contribution in [0.5, 0.6) is 0 Å². The smallest absolute Gasteiger partial charge is 1.00 e. The van der Waals surface area contributed by atoms with Crippen molar-refractivity contribution >= 4 is 34.7 Å². The summed E-state index contributed by atoms with van der Waals surface area (Å²) in [5, 5.41) is 0. The van der Waals surface area contributed by atoms with Crippen LogP contribution in [0.4, 0.5) is 0 Å². The van der Waals surface area contributed by atoms with Gasteiger partial charge in [0.05, 0.1) is 0 Å². The molecule has 0 atom stereocenters. The Balaban J connectivity index is -0.0000000800. The van der Waals surface area contributed by atoms with Gasteiger partial charge in [0.2, 0.25) is 0 Å². The van der Waals surface area contributed by atoms with E-state index in [9.17, 15) is 0 Å². The van der Waals surface area contributed by atoms with Gasteiger partial charge in [-0.25, -0.2) is 5.57 Å². The van der Waals surface area contributed by atoms with Crippen molar-refractivity contribution in [1.82, 2.24) is 0 Å². The van der Waals surface area contributed by atoms with Crippen LogP contribution in [0.15, 0.2) is 5.57 Å². The van der Waals surface area contributed by atoms with Gasteiger partial charge in [0.25, 0.3) is 0 Å². The van der Waals surface area contributed by atoms with Gasteiger partial charge in [0, 0.05) is 0 Å². The van der Waals surface area contributed by atoms with E-state index in [4.69, 9.17) is 11.6 Å². The van der Waals surface area contributed by atoms with Gasteiger partial charge in [-0.1, -0.05) is 13.8 Å². The molecule has 0 radical (unpaired) electrons. The molecule has 0 aliphatic carbocycles. The summed E-state index contributed by atoms with van der Waals surface area (Å²) in [6.45, 7) is 3.79. The second-order valence-corrected chi connectivity index (χ2v) is 1.28. The van der Waals surface area contributed by atoms with Gasteiger partial charge in [-0.05, 0) is 0 Å². The zero-order valence-electron chi connectivity index (χ0n) is 4.46. The third-order valence-corrected chi connectivity index (χ3v) is 0.567. The normalized spacial score (nSPS) is 5.00. The molecular formula is C4H6Cl2Mg. The average Bonchev–Trinajstić information content (AvgIpc) is 1.38. The average molecular weight is 149 g/mol. The fraction of sp³-hybridized carbons (Fsp3) is 0.500. The summed E-state index contributed by atoms with van der Waals surface area (Å²) in [6.07, 6.45) is 0. The Morgan fingerprint density at radius 1 is 1.43 bits per heavy atom. The van der Waals surface area contributed by atoms with Crippen molar-refractivity contribution in [2.75, 3.05) is 0 Å². The summed E-state index contributed by atoms with van der Waals surface area (Å²) < 4.78 is 0. The van der Waals surface area contributed by atoms with E-state index in [0.29, 0.717) is 0 Å². The molecule has 0 bridgehead atoms. The summed E-state index contributed by atoms with van der Waals surface area (Å²) in [4.78, 5) is 0. The van der Waals surface area contributed by atoms with Crippen LogP contribution in [0.2, 0.25) is 0 Å². The molecule has 0 fully saturated rings.